The average molecular weight is 500 g/mol. The molecule has 0 fully saturated rings. The lowest BCUT2D eigenvalue weighted by atomic mass is 9.71. The molecule has 1 aliphatic carbocycles. The van der Waals surface area contributed by atoms with Gasteiger partial charge in [0.2, 0.25) is 0 Å². The van der Waals surface area contributed by atoms with E-state index in [2.05, 4.69) is 53.1 Å². The molecule has 0 saturated carbocycles. The fraction of sp³-hybridized carbons (Fsp3) is 0.417. The van der Waals surface area contributed by atoms with Crippen LogP contribution in [0.5, 0.6) is 0 Å². The second kappa shape index (κ2) is 8.79. The van der Waals surface area contributed by atoms with Gasteiger partial charge < -0.3 is 10.1 Å². The van der Waals surface area contributed by atoms with Gasteiger partial charge in [0.1, 0.15) is 16.6 Å². The Bertz CT molecular complexity index is 1120. The fourth-order valence-electron chi connectivity index (χ4n) is 4.14. The van der Waals surface area contributed by atoms with E-state index in [-0.39, 0.29) is 23.8 Å². The number of carbonyl (C=O) groups excluding carboxylic acids is 2. The molecule has 1 amide bonds. The summed E-state index contributed by atoms with van der Waals surface area (Å²) in [6, 6.07) is 9.32. The Morgan fingerprint density at radius 2 is 2.03 bits per heavy atom. The van der Waals surface area contributed by atoms with Crippen molar-refractivity contribution in [3.05, 3.63) is 56.6 Å². The number of carbonyl (C=O) groups is 2. The lowest BCUT2D eigenvalue weighted by Gasteiger charge is -2.34. The summed E-state index contributed by atoms with van der Waals surface area (Å²) in [6.45, 7) is 6.88. The van der Waals surface area contributed by atoms with Crippen LogP contribution in [0.15, 0.2) is 34.8 Å². The van der Waals surface area contributed by atoms with Crippen LogP contribution >= 0.6 is 27.3 Å². The van der Waals surface area contributed by atoms with E-state index in [4.69, 9.17) is 4.98 Å². The summed E-state index contributed by atoms with van der Waals surface area (Å²) in [4.78, 5) is 34.3. The Morgan fingerprint density at radius 1 is 1.29 bits per heavy atom. The molecule has 0 aliphatic heterocycles. The van der Waals surface area contributed by atoms with E-state index in [1.165, 1.54) is 16.9 Å². The van der Waals surface area contributed by atoms with Crippen LogP contribution in [0.3, 0.4) is 0 Å². The number of benzene rings is 1. The summed E-state index contributed by atoms with van der Waals surface area (Å²) in [5.41, 5.74) is 4.31. The highest BCUT2D eigenvalue weighted by atomic mass is 79.9. The van der Waals surface area contributed by atoms with Crippen molar-refractivity contribution in [1.82, 2.24) is 15.3 Å². The molecule has 2 heterocycles. The van der Waals surface area contributed by atoms with Crippen LogP contribution in [0.25, 0.3) is 10.3 Å². The van der Waals surface area contributed by atoms with Crippen LogP contribution in [0.2, 0.25) is 0 Å². The zero-order chi connectivity index (χ0) is 22.2. The number of hydrogen-bond donors (Lipinski definition) is 1. The van der Waals surface area contributed by atoms with Crippen molar-refractivity contribution >= 4 is 49.8 Å². The first-order chi connectivity index (χ1) is 14.7. The summed E-state index contributed by atoms with van der Waals surface area (Å²) in [6.07, 6.45) is 4.15. The highest BCUT2D eigenvalue weighted by molar-refractivity contribution is 9.10. The molecule has 7 heteroatoms. The number of thiazole rings is 1. The lowest BCUT2D eigenvalue weighted by Crippen LogP contribution is -2.28. The topological polar surface area (TPSA) is 72.0 Å². The number of amides is 1. The standard InChI is InChI=1S/C24H26BrN3O2S/c1-24(2,3)16-6-9-18-15(12-16)13-20-22(27-18)31-23(28-20)21(30)26-19(10-11-29)14-4-7-17(25)8-5-14/h4-5,7-8,11,13,16,19H,6,9-10,12H2,1-3H3,(H,26,30)/t16-,19?/m0/s1. The van der Waals surface area contributed by atoms with Crippen molar-refractivity contribution in [2.75, 3.05) is 0 Å². The number of nitrogens with zero attached hydrogens (tertiary/aromatic N) is 2. The van der Waals surface area contributed by atoms with Gasteiger partial charge in [-0.05, 0) is 59.9 Å². The average Bonchev–Trinajstić information content (AvgIpc) is 3.14. The first kappa shape index (κ1) is 22.1. The molecule has 4 rings (SSSR count). The number of rotatable bonds is 5. The van der Waals surface area contributed by atoms with Crippen LogP contribution in [-0.4, -0.2) is 22.2 Å². The van der Waals surface area contributed by atoms with Crippen molar-refractivity contribution in [3.8, 4) is 0 Å². The minimum absolute atomic E-state index is 0.207. The molecular weight excluding hydrogens is 474 g/mol. The van der Waals surface area contributed by atoms with Gasteiger partial charge in [-0.2, -0.15) is 0 Å². The van der Waals surface area contributed by atoms with E-state index in [1.807, 2.05) is 24.3 Å². The van der Waals surface area contributed by atoms with Gasteiger partial charge in [0.05, 0.1) is 6.04 Å². The number of hydrogen-bond acceptors (Lipinski definition) is 5. The van der Waals surface area contributed by atoms with Crippen LogP contribution < -0.4 is 5.32 Å². The molecule has 2 aromatic heterocycles. The Hall–Kier alpha value is -2.12. The van der Waals surface area contributed by atoms with Crippen LogP contribution in [0.4, 0.5) is 0 Å². The molecule has 1 unspecified atom stereocenters. The molecule has 2 atom stereocenters. The third-order valence-electron chi connectivity index (χ3n) is 6.08. The van der Waals surface area contributed by atoms with Crippen LogP contribution in [0, 0.1) is 11.3 Å². The zero-order valence-corrected chi connectivity index (χ0v) is 20.3. The molecule has 5 nitrogen and oxygen atoms in total. The van der Waals surface area contributed by atoms with Gasteiger partial charge >= 0.3 is 0 Å². The van der Waals surface area contributed by atoms with Crippen LogP contribution in [0.1, 0.15) is 66.3 Å². The van der Waals surface area contributed by atoms with E-state index in [0.29, 0.717) is 10.9 Å². The van der Waals surface area contributed by atoms with Gasteiger partial charge in [-0.1, -0.05) is 60.2 Å². The maximum Gasteiger partial charge on any atom is 0.280 e. The number of fused-ring (bicyclic) bond motifs is 2. The monoisotopic (exact) mass is 499 g/mol. The zero-order valence-electron chi connectivity index (χ0n) is 17.9. The smallest absolute Gasteiger partial charge is 0.280 e. The molecular formula is C24H26BrN3O2S. The summed E-state index contributed by atoms with van der Waals surface area (Å²) < 4.78 is 0.947. The third-order valence-corrected chi connectivity index (χ3v) is 7.57. The van der Waals surface area contributed by atoms with E-state index in [0.717, 1.165) is 51.6 Å². The van der Waals surface area contributed by atoms with Crippen molar-refractivity contribution in [2.24, 2.45) is 11.3 Å². The summed E-state index contributed by atoms with van der Waals surface area (Å²) in [5.74, 6) is 0.346. The first-order valence-electron chi connectivity index (χ1n) is 10.5. The number of aryl methyl sites for hydroxylation is 1. The maximum absolute atomic E-state index is 12.9. The molecule has 0 spiro atoms. The number of nitrogens with one attached hydrogen (secondary N) is 1. The Labute approximate surface area is 194 Å². The molecule has 0 saturated heterocycles. The molecule has 31 heavy (non-hydrogen) atoms. The molecule has 162 valence electrons. The highest BCUT2D eigenvalue weighted by Crippen LogP contribution is 2.38. The Balaban J connectivity index is 1.57. The van der Waals surface area contributed by atoms with Gasteiger partial charge in [-0.3, -0.25) is 4.79 Å². The van der Waals surface area contributed by atoms with Gasteiger partial charge in [0.25, 0.3) is 5.91 Å². The van der Waals surface area contributed by atoms with Gasteiger partial charge in [0.15, 0.2) is 5.01 Å². The summed E-state index contributed by atoms with van der Waals surface area (Å²) in [5, 5.41) is 3.34. The van der Waals surface area contributed by atoms with Gasteiger partial charge in [0, 0.05) is 16.6 Å². The summed E-state index contributed by atoms with van der Waals surface area (Å²) >= 11 is 4.72. The molecule has 1 aliphatic rings. The number of aromatic nitrogens is 2. The predicted octanol–water partition coefficient (Wildman–Crippen LogP) is 5.66. The van der Waals surface area contributed by atoms with E-state index < -0.39 is 0 Å². The predicted molar refractivity (Wildman–Crippen MR) is 127 cm³/mol. The second-order valence-electron chi connectivity index (χ2n) is 9.22. The maximum atomic E-state index is 12.9. The Morgan fingerprint density at radius 3 is 2.71 bits per heavy atom. The third kappa shape index (κ3) is 4.88. The van der Waals surface area contributed by atoms with Crippen molar-refractivity contribution in [1.29, 1.82) is 0 Å². The molecule has 1 N–H and O–H groups in total. The number of pyridine rings is 1. The quantitative estimate of drug-likeness (QED) is 0.459. The minimum Gasteiger partial charge on any atom is -0.343 e. The molecule has 1 aromatic carbocycles. The van der Waals surface area contributed by atoms with Crippen LogP contribution in [-0.2, 0) is 17.6 Å². The molecule has 3 aromatic rings. The van der Waals surface area contributed by atoms with Gasteiger partial charge in [-0.25, -0.2) is 9.97 Å². The van der Waals surface area contributed by atoms with E-state index >= 15 is 0 Å². The normalized spacial score (nSPS) is 17.2. The minimum atomic E-state index is -0.390. The second-order valence-corrected chi connectivity index (χ2v) is 11.1. The van der Waals surface area contributed by atoms with Crippen molar-refractivity contribution in [3.63, 3.8) is 0 Å². The summed E-state index contributed by atoms with van der Waals surface area (Å²) in [7, 11) is 0. The van der Waals surface area contributed by atoms with Crippen molar-refractivity contribution < 1.29 is 9.59 Å². The fourth-order valence-corrected chi connectivity index (χ4v) is 5.25. The number of halogens is 1. The number of aldehydes is 1. The molecule has 0 bridgehead atoms. The lowest BCUT2D eigenvalue weighted by molar-refractivity contribution is -0.108. The van der Waals surface area contributed by atoms with Crippen molar-refractivity contribution in [2.45, 2.75) is 52.5 Å². The largest absolute Gasteiger partial charge is 0.343 e. The Kier molecular flexibility index (Phi) is 6.26. The van der Waals surface area contributed by atoms with E-state index in [1.54, 1.807) is 0 Å². The van der Waals surface area contributed by atoms with E-state index in [9.17, 15) is 9.59 Å². The van der Waals surface area contributed by atoms with Gasteiger partial charge in [-0.15, -0.1) is 0 Å². The SMILES string of the molecule is CC(C)(C)[C@H]1CCc2nc3sc(C(=O)NC(CC=O)c4ccc(Br)cc4)nc3cc2C1. The molecule has 0 radical (unpaired) electrons. The highest BCUT2D eigenvalue weighted by Gasteiger charge is 2.30. The first-order valence-corrected chi connectivity index (χ1v) is 12.1.